The van der Waals surface area contributed by atoms with Crippen LogP contribution in [0.4, 0.5) is 0 Å². The van der Waals surface area contributed by atoms with Crippen LogP contribution in [0, 0.1) is 11.3 Å². The van der Waals surface area contributed by atoms with E-state index in [1.807, 2.05) is 18.2 Å². The van der Waals surface area contributed by atoms with E-state index in [-0.39, 0.29) is 0 Å². The third-order valence-corrected chi connectivity index (χ3v) is 3.35. The van der Waals surface area contributed by atoms with Gasteiger partial charge in [-0.3, -0.25) is 4.79 Å². The average molecular weight is 309 g/mol. The highest BCUT2D eigenvalue weighted by Gasteiger charge is 2.12. The normalized spacial score (nSPS) is 11.3. The molecule has 4 nitrogen and oxygen atoms in total. The molecule has 0 saturated carbocycles. The highest BCUT2D eigenvalue weighted by molar-refractivity contribution is 5.61. The Labute approximate surface area is 136 Å². The van der Waals surface area contributed by atoms with E-state index in [2.05, 4.69) is 6.92 Å². The lowest BCUT2D eigenvalue weighted by Gasteiger charge is -2.14. The van der Waals surface area contributed by atoms with Gasteiger partial charge in [0.25, 0.3) is 0 Å². The smallest absolute Gasteiger partial charge is 0.179 e. The minimum absolute atomic E-state index is 0.548. The van der Waals surface area contributed by atoms with Crippen LogP contribution >= 0.6 is 0 Å². The van der Waals surface area contributed by atoms with Gasteiger partial charge in [-0.05, 0) is 48.4 Å². The summed E-state index contributed by atoms with van der Waals surface area (Å²) < 4.78 is 11.3. The molecule has 0 heterocycles. The summed E-state index contributed by atoms with van der Waals surface area (Å²) in [4.78, 5) is 11.3. The highest BCUT2D eigenvalue weighted by atomic mass is 16.5. The molecule has 2 aromatic rings. The summed E-state index contributed by atoms with van der Waals surface area (Å²) in [6.45, 7) is 2.81. The van der Waals surface area contributed by atoms with Crippen molar-refractivity contribution in [3.05, 3.63) is 59.7 Å². The van der Waals surface area contributed by atoms with Gasteiger partial charge in [-0.1, -0.05) is 25.5 Å². The molecule has 0 amide bonds. The molecule has 0 aliphatic rings. The Morgan fingerprint density at radius 2 is 1.74 bits per heavy atom. The van der Waals surface area contributed by atoms with Crippen LogP contribution in [-0.2, 0) is 4.79 Å². The van der Waals surface area contributed by atoms with E-state index in [4.69, 9.17) is 14.7 Å². The fourth-order valence-corrected chi connectivity index (χ4v) is 2.02. The summed E-state index contributed by atoms with van der Waals surface area (Å²) in [5.41, 5.74) is 1.26. The number of carbonyl (C=O) groups is 1. The van der Waals surface area contributed by atoms with Crippen LogP contribution < -0.4 is 9.47 Å². The van der Waals surface area contributed by atoms with Gasteiger partial charge in [0.1, 0.15) is 11.5 Å². The van der Waals surface area contributed by atoms with Gasteiger partial charge >= 0.3 is 0 Å². The molecule has 0 aliphatic heterocycles. The summed E-state index contributed by atoms with van der Waals surface area (Å²) in [7, 11) is 0. The maximum absolute atomic E-state index is 11.3. The fourth-order valence-electron chi connectivity index (χ4n) is 2.02. The summed E-state index contributed by atoms with van der Waals surface area (Å²) in [6, 6.07) is 16.0. The average Bonchev–Trinajstić information content (AvgIpc) is 2.61. The third kappa shape index (κ3) is 4.86. The SMILES string of the molecule is CCCCOc1ccc(OC(C=O)c2ccc(C#N)cc2)cc1. The van der Waals surface area contributed by atoms with Crippen LogP contribution in [0.3, 0.4) is 0 Å². The number of ether oxygens (including phenoxy) is 2. The molecule has 4 heteroatoms. The Kier molecular flexibility index (Phi) is 6.19. The zero-order valence-corrected chi connectivity index (χ0v) is 13.1. The first-order valence-corrected chi connectivity index (χ1v) is 7.61. The van der Waals surface area contributed by atoms with Crippen molar-refractivity contribution >= 4 is 6.29 Å². The summed E-state index contributed by atoms with van der Waals surface area (Å²) in [5, 5.41) is 8.80. The minimum Gasteiger partial charge on any atom is -0.494 e. The Morgan fingerprint density at radius 3 is 2.30 bits per heavy atom. The summed E-state index contributed by atoms with van der Waals surface area (Å²) >= 11 is 0. The topological polar surface area (TPSA) is 59.3 Å². The summed E-state index contributed by atoms with van der Waals surface area (Å²) in [6.07, 6.45) is 2.15. The number of nitrogens with zero attached hydrogens (tertiary/aromatic N) is 1. The van der Waals surface area contributed by atoms with Crippen LogP contribution in [0.25, 0.3) is 0 Å². The molecule has 1 atom stereocenters. The Balaban J connectivity index is 2.00. The van der Waals surface area contributed by atoms with Gasteiger partial charge in [-0.2, -0.15) is 5.26 Å². The first-order valence-electron chi connectivity index (χ1n) is 7.61. The zero-order chi connectivity index (χ0) is 16.5. The molecule has 23 heavy (non-hydrogen) atoms. The lowest BCUT2D eigenvalue weighted by molar-refractivity contribution is -0.113. The second-order valence-corrected chi connectivity index (χ2v) is 5.08. The van der Waals surface area contributed by atoms with Gasteiger partial charge < -0.3 is 9.47 Å². The predicted octanol–water partition coefficient (Wildman–Crippen LogP) is 4.06. The fraction of sp³-hybridized carbons (Fsp3) is 0.263. The maximum atomic E-state index is 11.3. The first-order chi connectivity index (χ1) is 11.3. The molecule has 2 rings (SSSR count). The Bertz CT molecular complexity index is 657. The van der Waals surface area contributed by atoms with Crippen molar-refractivity contribution in [1.29, 1.82) is 5.26 Å². The van der Waals surface area contributed by atoms with E-state index < -0.39 is 6.10 Å². The van der Waals surface area contributed by atoms with Crippen LogP contribution in [0.5, 0.6) is 11.5 Å². The maximum Gasteiger partial charge on any atom is 0.179 e. The van der Waals surface area contributed by atoms with Crippen molar-refractivity contribution < 1.29 is 14.3 Å². The first kappa shape index (κ1) is 16.6. The van der Waals surface area contributed by atoms with Crippen molar-refractivity contribution in [3.63, 3.8) is 0 Å². The van der Waals surface area contributed by atoms with Crippen LogP contribution in [0.2, 0.25) is 0 Å². The Morgan fingerprint density at radius 1 is 1.09 bits per heavy atom. The molecular formula is C19H19NO3. The Hall–Kier alpha value is -2.80. The molecule has 0 fully saturated rings. The number of unbranched alkanes of at least 4 members (excludes halogenated alkanes) is 1. The number of nitriles is 1. The lowest BCUT2D eigenvalue weighted by atomic mass is 10.1. The molecule has 0 N–H and O–H groups in total. The van der Waals surface area contributed by atoms with Gasteiger partial charge in [-0.25, -0.2) is 0 Å². The lowest BCUT2D eigenvalue weighted by Crippen LogP contribution is -2.09. The molecule has 0 bridgehead atoms. The zero-order valence-electron chi connectivity index (χ0n) is 13.1. The molecule has 0 saturated heterocycles. The molecule has 0 spiro atoms. The van der Waals surface area contributed by atoms with E-state index in [0.717, 1.165) is 24.9 Å². The van der Waals surface area contributed by atoms with Gasteiger partial charge in [0.15, 0.2) is 12.4 Å². The van der Waals surface area contributed by atoms with E-state index in [9.17, 15) is 4.79 Å². The van der Waals surface area contributed by atoms with Crippen LogP contribution in [0.1, 0.15) is 37.0 Å². The molecule has 0 radical (unpaired) electrons. The van der Waals surface area contributed by atoms with E-state index in [1.54, 1.807) is 36.4 Å². The van der Waals surface area contributed by atoms with Crippen molar-refractivity contribution in [2.75, 3.05) is 6.61 Å². The largest absolute Gasteiger partial charge is 0.494 e. The molecule has 0 aliphatic carbocycles. The molecule has 2 aromatic carbocycles. The molecule has 118 valence electrons. The van der Waals surface area contributed by atoms with Crippen molar-refractivity contribution in [3.8, 4) is 17.6 Å². The van der Waals surface area contributed by atoms with E-state index in [0.29, 0.717) is 23.5 Å². The number of hydrogen-bond acceptors (Lipinski definition) is 4. The highest BCUT2D eigenvalue weighted by Crippen LogP contribution is 2.23. The monoisotopic (exact) mass is 309 g/mol. The van der Waals surface area contributed by atoms with Crippen molar-refractivity contribution in [2.45, 2.75) is 25.9 Å². The van der Waals surface area contributed by atoms with Crippen LogP contribution in [0.15, 0.2) is 48.5 Å². The van der Waals surface area contributed by atoms with Gasteiger partial charge in [0, 0.05) is 0 Å². The summed E-state index contributed by atoms with van der Waals surface area (Å²) in [5.74, 6) is 1.38. The standard InChI is InChI=1S/C19H19NO3/c1-2-3-12-22-17-8-10-18(11-9-17)23-19(14-21)16-6-4-15(13-20)5-7-16/h4-11,14,19H,2-3,12H2,1H3. The second-order valence-electron chi connectivity index (χ2n) is 5.08. The number of carbonyl (C=O) groups excluding carboxylic acids is 1. The number of hydrogen-bond donors (Lipinski definition) is 0. The van der Waals surface area contributed by atoms with Gasteiger partial charge in [-0.15, -0.1) is 0 Å². The molecule has 1 unspecified atom stereocenters. The van der Waals surface area contributed by atoms with Crippen molar-refractivity contribution in [2.24, 2.45) is 0 Å². The minimum atomic E-state index is -0.699. The second kappa shape index (κ2) is 8.60. The van der Waals surface area contributed by atoms with Crippen LogP contribution in [-0.4, -0.2) is 12.9 Å². The molecular weight excluding hydrogens is 290 g/mol. The molecule has 0 aromatic heterocycles. The number of benzene rings is 2. The predicted molar refractivity (Wildman–Crippen MR) is 87.4 cm³/mol. The number of aldehydes is 1. The quantitative estimate of drug-likeness (QED) is 0.545. The van der Waals surface area contributed by atoms with Gasteiger partial charge in [0.05, 0.1) is 18.2 Å². The third-order valence-electron chi connectivity index (χ3n) is 3.35. The van der Waals surface area contributed by atoms with Crippen molar-refractivity contribution in [1.82, 2.24) is 0 Å². The number of rotatable bonds is 8. The van der Waals surface area contributed by atoms with Gasteiger partial charge in [0.2, 0.25) is 0 Å². The van der Waals surface area contributed by atoms with E-state index >= 15 is 0 Å². The van der Waals surface area contributed by atoms with E-state index in [1.165, 1.54) is 0 Å².